The third-order valence-corrected chi connectivity index (χ3v) is 6.90. The standard InChI is InChI=1S/C25H31N2O/c1-4-14-27-15-12-20(19(6-3)18-27)17-24(27)25(28-16-5-2)22-11-13-26-23-10-8-7-9-21(22)23/h4-11,13,19-20,24-25H,1-3,12,14-18H2/q+1/t19-,20-,24-,25+,27-/m0/s1. The highest BCUT2D eigenvalue weighted by Gasteiger charge is 2.54. The summed E-state index contributed by atoms with van der Waals surface area (Å²) in [5.41, 5.74) is 2.28. The number of nitrogens with zero attached hydrogens (tertiary/aromatic N) is 2. The number of aromatic nitrogens is 1. The number of quaternary nitrogens is 1. The molecule has 4 heterocycles. The van der Waals surface area contributed by atoms with Gasteiger partial charge in [0.05, 0.1) is 31.8 Å². The van der Waals surface area contributed by atoms with Crippen LogP contribution in [0.4, 0.5) is 0 Å². The highest BCUT2D eigenvalue weighted by atomic mass is 16.5. The lowest BCUT2D eigenvalue weighted by atomic mass is 9.71. The number of fused-ring (bicyclic) bond motifs is 4. The summed E-state index contributed by atoms with van der Waals surface area (Å²) in [6.45, 7) is 16.0. The molecule has 3 heteroatoms. The van der Waals surface area contributed by atoms with E-state index in [1.54, 1.807) is 0 Å². The average Bonchev–Trinajstić information content (AvgIpc) is 2.74. The van der Waals surface area contributed by atoms with Crippen LogP contribution in [0, 0.1) is 11.8 Å². The molecule has 0 aliphatic carbocycles. The summed E-state index contributed by atoms with van der Waals surface area (Å²) in [7, 11) is 0. The van der Waals surface area contributed by atoms with E-state index in [4.69, 9.17) is 4.74 Å². The maximum Gasteiger partial charge on any atom is 0.135 e. The molecule has 0 radical (unpaired) electrons. The molecule has 0 saturated carbocycles. The van der Waals surface area contributed by atoms with Crippen molar-refractivity contribution >= 4 is 10.9 Å². The molecule has 0 unspecified atom stereocenters. The van der Waals surface area contributed by atoms with E-state index in [1.165, 1.54) is 30.3 Å². The Kier molecular flexibility index (Phi) is 5.47. The second-order valence-corrected chi connectivity index (χ2v) is 8.31. The summed E-state index contributed by atoms with van der Waals surface area (Å²) in [6.07, 6.45) is 10.5. The lowest BCUT2D eigenvalue weighted by Gasteiger charge is -2.58. The highest BCUT2D eigenvalue weighted by Crippen LogP contribution is 2.48. The normalized spacial score (nSPS) is 30.1. The molecule has 2 aromatic rings. The molecule has 3 saturated heterocycles. The van der Waals surface area contributed by atoms with Crippen molar-refractivity contribution in [2.45, 2.75) is 25.0 Å². The van der Waals surface area contributed by atoms with Gasteiger partial charge in [0.15, 0.2) is 0 Å². The van der Waals surface area contributed by atoms with Gasteiger partial charge in [-0.05, 0) is 29.7 Å². The zero-order valence-corrected chi connectivity index (χ0v) is 16.7. The smallest absolute Gasteiger partial charge is 0.135 e. The Morgan fingerprint density at radius 2 is 2.04 bits per heavy atom. The first-order valence-corrected chi connectivity index (χ1v) is 10.4. The quantitative estimate of drug-likeness (QED) is 0.474. The van der Waals surface area contributed by atoms with Crippen molar-refractivity contribution < 1.29 is 9.22 Å². The van der Waals surface area contributed by atoms with E-state index in [-0.39, 0.29) is 6.10 Å². The fourth-order valence-corrected chi connectivity index (χ4v) is 5.61. The molecule has 0 spiro atoms. The van der Waals surface area contributed by atoms with Gasteiger partial charge in [0.2, 0.25) is 0 Å². The van der Waals surface area contributed by atoms with Gasteiger partial charge >= 0.3 is 0 Å². The number of rotatable bonds is 8. The van der Waals surface area contributed by atoms with Gasteiger partial charge in [-0.1, -0.05) is 36.9 Å². The average molecular weight is 376 g/mol. The molecular weight excluding hydrogens is 344 g/mol. The van der Waals surface area contributed by atoms with E-state index in [9.17, 15) is 0 Å². The Morgan fingerprint density at radius 1 is 1.18 bits per heavy atom. The number of ether oxygens (including phenoxy) is 1. The van der Waals surface area contributed by atoms with Crippen LogP contribution in [0.1, 0.15) is 24.5 Å². The van der Waals surface area contributed by atoms with Crippen LogP contribution in [-0.4, -0.2) is 41.8 Å². The molecule has 1 aromatic heterocycles. The van der Waals surface area contributed by atoms with E-state index < -0.39 is 0 Å². The first kappa shape index (κ1) is 19.1. The summed E-state index contributed by atoms with van der Waals surface area (Å²) < 4.78 is 7.55. The van der Waals surface area contributed by atoms with E-state index in [0.29, 0.717) is 24.5 Å². The molecule has 0 amide bonds. The van der Waals surface area contributed by atoms with E-state index in [0.717, 1.165) is 23.1 Å². The lowest BCUT2D eigenvalue weighted by molar-refractivity contribution is -0.968. The predicted molar refractivity (Wildman–Crippen MR) is 116 cm³/mol. The molecule has 146 valence electrons. The van der Waals surface area contributed by atoms with E-state index in [2.05, 4.69) is 61.1 Å². The number of benzene rings is 1. The summed E-state index contributed by atoms with van der Waals surface area (Å²) in [6, 6.07) is 11.0. The second-order valence-electron chi connectivity index (χ2n) is 8.31. The fraction of sp³-hybridized carbons (Fsp3) is 0.400. The Morgan fingerprint density at radius 3 is 2.82 bits per heavy atom. The molecule has 2 bridgehead atoms. The maximum atomic E-state index is 6.50. The van der Waals surface area contributed by atoms with Gasteiger partial charge in [0.1, 0.15) is 12.1 Å². The number of para-hydroxylation sites is 1. The van der Waals surface area contributed by atoms with Crippen LogP contribution in [0.25, 0.3) is 10.9 Å². The van der Waals surface area contributed by atoms with Crippen molar-refractivity contribution in [3.63, 3.8) is 0 Å². The molecule has 5 rings (SSSR count). The Hall–Kier alpha value is -2.23. The van der Waals surface area contributed by atoms with Crippen LogP contribution < -0.4 is 0 Å². The maximum absolute atomic E-state index is 6.50. The number of pyridine rings is 1. The molecule has 28 heavy (non-hydrogen) atoms. The number of hydrogen-bond acceptors (Lipinski definition) is 2. The van der Waals surface area contributed by atoms with Gasteiger partial charge < -0.3 is 9.22 Å². The molecule has 3 nitrogen and oxygen atoms in total. The van der Waals surface area contributed by atoms with Crippen LogP contribution in [0.15, 0.2) is 74.5 Å². The van der Waals surface area contributed by atoms with Gasteiger partial charge in [-0.15, -0.1) is 13.2 Å². The molecule has 0 N–H and O–H groups in total. The zero-order chi connectivity index (χ0) is 19.6. The van der Waals surface area contributed by atoms with Gasteiger partial charge in [-0.3, -0.25) is 4.98 Å². The topological polar surface area (TPSA) is 22.1 Å². The van der Waals surface area contributed by atoms with Crippen molar-refractivity contribution in [2.24, 2.45) is 11.8 Å². The monoisotopic (exact) mass is 375 g/mol. The first-order chi connectivity index (χ1) is 13.7. The molecule has 3 fully saturated rings. The molecule has 5 atom stereocenters. The molecular formula is C25H31N2O+. The second kappa shape index (κ2) is 8.02. The van der Waals surface area contributed by atoms with Crippen molar-refractivity contribution in [1.82, 2.24) is 4.98 Å². The van der Waals surface area contributed by atoms with Gasteiger partial charge in [0.25, 0.3) is 0 Å². The van der Waals surface area contributed by atoms with Crippen LogP contribution >= 0.6 is 0 Å². The minimum atomic E-state index is 0.0272. The van der Waals surface area contributed by atoms with E-state index >= 15 is 0 Å². The minimum absolute atomic E-state index is 0.0272. The van der Waals surface area contributed by atoms with E-state index in [1.807, 2.05) is 18.3 Å². The van der Waals surface area contributed by atoms with Crippen LogP contribution in [0.2, 0.25) is 0 Å². The SMILES string of the molecule is C=CCO[C@H](c1ccnc2ccccc12)[C@@H]1C[C@@H]2CC[N@@+]1(CC=C)C[C@@H]2C=C. The third kappa shape index (κ3) is 3.23. The van der Waals surface area contributed by atoms with Crippen LogP contribution in [-0.2, 0) is 4.74 Å². The fourth-order valence-electron chi connectivity index (χ4n) is 5.61. The minimum Gasteiger partial charge on any atom is -0.363 e. The molecule has 3 aliphatic rings. The first-order valence-electron chi connectivity index (χ1n) is 10.4. The Bertz CT molecular complexity index is 870. The number of piperidine rings is 3. The summed E-state index contributed by atoms with van der Waals surface area (Å²) in [5.74, 6) is 1.30. The summed E-state index contributed by atoms with van der Waals surface area (Å²) in [5, 5.41) is 1.19. The molecule has 1 aromatic carbocycles. The van der Waals surface area contributed by atoms with Crippen molar-refractivity contribution in [3.05, 3.63) is 80.1 Å². The lowest BCUT2D eigenvalue weighted by Crippen LogP contribution is -2.68. The highest BCUT2D eigenvalue weighted by molar-refractivity contribution is 5.82. The van der Waals surface area contributed by atoms with Crippen LogP contribution in [0.3, 0.4) is 0 Å². The number of hydrogen-bond donors (Lipinski definition) is 0. The van der Waals surface area contributed by atoms with Crippen molar-refractivity contribution in [3.8, 4) is 0 Å². The Balaban J connectivity index is 1.80. The van der Waals surface area contributed by atoms with Crippen LogP contribution in [0.5, 0.6) is 0 Å². The van der Waals surface area contributed by atoms with Gasteiger partial charge in [0, 0.05) is 30.3 Å². The van der Waals surface area contributed by atoms with Crippen molar-refractivity contribution in [1.29, 1.82) is 0 Å². The zero-order valence-electron chi connectivity index (χ0n) is 16.7. The predicted octanol–water partition coefficient (Wildman–Crippen LogP) is 5.08. The Labute approximate surface area is 168 Å². The summed E-state index contributed by atoms with van der Waals surface area (Å²) in [4.78, 5) is 4.57. The molecule has 3 aliphatic heterocycles. The third-order valence-electron chi connectivity index (χ3n) is 6.90. The van der Waals surface area contributed by atoms with Crippen molar-refractivity contribution in [2.75, 3.05) is 26.2 Å². The van der Waals surface area contributed by atoms with Gasteiger partial charge in [-0.25, -0.2) is 0 Å². The van der Waals surface area contributed by atoms with Gasteiger partial charge in [-0.2, -0.15) is 0 Å². The largest absolute Gasteiger partial charge is 0.363 e. The summed E-state index contributed by atoms with van der Waals surface area (Å²) >= 11 is 0.